The van der Waals surface area contributed by atoms with Gasteiger partial charge in [-0.15, -0.1) is 24.0 Å². The first-order valence-corrected chi connectivity index (χ1v) is 6.06. The van der Waals surface area contributed by atoms with E-state index in [1.165, 1.54) is 0 Å². The van der Waals surface area contributed by atoms with Crippen LogP contribution in [0.3, 0.4) is 0 Å². The van der Waals surface area contributed by atoms with Crippen LogP contribution < -0.4 is 11.1 Å². The molecule has 1 aliphatic heterocycles. The molecule has 0 aromatic heterocycles. The summed E-state index contributed by atoms with van der Waals surface area (Å²) in [5, 5.41) is 3.17. The van der Waals surface area contributed by atoms with E-state index in [-0.39, 0.29) is 29.5 Å². The second kappa shape index (κ2) is 7.41. The number of nitrogens with zero attached hydrogens (tertiary/aromatic N) is 1. The second-order valence-electron chi connectivity index (χ2n) is 5.67. The number of nitrogens with two attached hydrogens (primary N) is 1. The van der Waals surface area contributed by atoms with E-state index in [4.69, 9.17) is 10.5 Å². The summed E-state index contributed by atoms with van der Waals surface area (Å²) in [6, 6.07) is 0. The lowest BCUT2D eigenvalue weighted by molar-refractivity contribution is 0.00480. The molecule has 0 aromatic rings. The predicted octanol–water partition coefficient (Wildman–Crippen LogP) is 2.12. The van der Waals surface area contributed by atoms with Gasteiger partial charge in [0.1, 0.15) is 0 Å². The first-order valence-electron chi connectivity index (χ1n) is 6.06. The van der Waals surface area contributed by atoms with Crippen LogP contribution in [-0.2, 0) is 4.74 Å². The zero-order valence-corrected chi connectivity index (χ0v) is 13.7. The van der Waals surface area contributed by atoms with Crippen LogP contribution >= 0.6 is 24.0 Å². The lowest BCUT2D eigenvalue weighted by Gasteiger charge is -2.26. The lowest BCUT2D eigenvalue weighted by atomic mass is 9.96. The summed E-state index contributed by atoms with van der Waals surface area (Å²) in [4.78, 5) is 4.40. The van der Waals surface area contributed by atoms with E-state index >= 15 is 0 Å². The Balaban J connectivity index is 0.00000256. The highest BCUT2D eigenvalue weighted by Crippen LogP contribution is 2.19. The molecule has 0 spiro atoms. The normalized spacial score (nSPS) is 26.2. The monoisotopic (exact) mass is 355 g/mol. The summed E-state index contributed by atoms with van der Waals surface area (Å²) < 4.78 is 5.50. The molecule has 1 heterocycles. The molecule has 4 nitrogen and oxygen atoms in total. The van der Waals surface area contributed by atoms with Gasteiger partial charge in [-0.3, -0.25) is 4.99 Å². The fourth-order valence-corrected chi connectivity index (χ4v) is 1.91. The molecule has 3 N–H and O–H groups in total. The summed E-state index contributed by atoms with van der Waals surface area (Å²) in [6.07, 6.45) is 2.55. The molecule has 17 heavy (non-hydrogen) atoms. The number of nitrogens with one attached hydrogen (secondary N) is 1. The van der Waals surface area contributed by atoms with Crippen molar-refractivity contribution in [2.75, 3.05) is 13.2 Å². The first-order chi connectivity index (χ1) is 7.37. The van der Waals surface area contributed by atoms with Gasteiger partial charge in [0.25, 0.3) is 0 Å². The summed E-state index contributed by atoms with van der Waals surface area (Å²) >= 11 is 0. The molecular formula is C12H26IN3O. The Bertz CT molecular complexity index is 251. The highest BCUT2D eigenvalue weighted by Gasteiger charge is 2.19. The summed E-state index contributed by atoms with van der Waals surface area (Å²) in [5.41, 5.74) is 5.80. The van der Waals surface area contributed by atoms with Gasteiger partial charge in [-0.2, -0.15) is 0 Å². The third-order valence-electron chi connectivity index (χ3n) is 2.62. The van der Waals surface area contributed by atoms with E-state index in [2.05, 4.69) is 38.0 Å². The van der Waals surface area contributed by atoms with Crippen molar-refractivity contribution >= 4 is 29.9 Å². The third kappa shape index (κ3) is 7.81. The third-order valence-corrected chi connectivity index (χ3v) is 2.62. The molecule has 1 saturated heterocycles. The largest absolute Gasteiger partial charge is 0.378 e. The minimum atomic E-state index is -0.0173. The van der Waals surface area contributed by atoms with Gasteiger partial charge in [0.15, 0.2) is 5.96 Å². The molecule has 5 heteroatoms. The Morgan fingerprint density at radius 1 is 1.47 bits per heavy atom. The smallest absolute Gasteiger partial charge is 0.188 e. The standard InChI is InChI=1S/C12H25N3O.HI/c1-9-7-10(5-6-16-9)8-14-11(13)15-12(2,3)4;/h9-10H,5-8H2,1-4H3,(H3,13,14,15);1H. The quantitative estimate of drug-likeness (QED) is 0.453. The van der Waals surface area contributed by atoms with Crippen LogP contribution in [0.2, 0.25) is 0 Å². The van der Waals surface area contributed by atoms with Gasteiger partial charge in [0.05, 0.1) is 6.10 Å². The van der Waals surface area contributed by atoms with E-state index in [1.54, 1.807) is 0 Å². The Morgan fingerprint density at radius 2 is 2.12 bits per heavy atom. The van der Waals surface area contributed by atoms with Crippen molar-refractivity contribution in [3.05, 3.63) is 0 Å². The number of rotatable bonds is 2. The van der Waals surface area contributed by atoms with Crippen LogP contribution in [0.25, 0.3) is 0 Å². The topological polar surface area (TPSA) is 59.6 Å². The van der Waals surface area contributed by atoms with Gasteiger partial charge in [0, 0.05) is 18.7 Å². The van der Waals surface area contributed by atoms with E-state index in [9.17, 15) is 0 Å². The Labute approximate surface area is 122 Å². The Kier molecular flexibility index (Phi) is 7.39. The van der Waals surface area contributed by atoms with Crippen LogP contribution in [0, 0.1) is 5.92 Å². The van der Waals surface area contributed by atoms with Crippen molar-refractivity contribution < 1.29 is 4.74 Å². The maximum Gasteiger partial charge on any atom is 0.188 e. The van der Waals surface area contributed by atoms with Gasteiger partial charge >= 0.3 is 0 Å². The maximum atomic E-state index is 5.82. The lowest BCUT2D eigenvalue weighted by Crippen LogP contribution is -2.45. The number of ether oxygens (including phenoxy) is 1. The number of hydrogen-bond acceptors (Lipinski definition) is 2. The molecule has 1 rings (SSSR count). The van der Waals surface area contributed by atoms with Gasteiger partial charge < -0.3 is 15.8 Å². The summed E-state index contributed by atoms with van der Waals surface area (Å²) in [6.45, 7) is 10.0. The van der Waals surface area contributed by atoms with Gasteiger partial charge in [-0.25, -0.2) is 0 Å². The van der Waals surface area contributed by atoms with Crippen molar-refractivity contribution in [3.63, 3.8) is 0 Å². The Morgan fingerprint density at radius 3 is 2.65 bits per heavy atom. The average Bonchev–Trinajstić information content (AvgIpc) is 2.12. The molecule has 1 aliphatic rings. The molecule has 0 amide bonds. The van der Waals surface area contributed by atoms with Crippen molar-refractivity contribution in [2.45, 2.75) is 52.2 Å². The minimum absolute atomic E-state index is 0. The number of guanidine groups is 1. The molecule has 0 aliphatic carbocycles. The fraction of sp³-hybridized carbons (Fsp3) is 0.917. The van der Waals surface area contributed by atoms with Crippen LogP contribution in [0.5, 0.6) is 0 Å². The molecule has 0 bridgehead atoms. The van der Waals surface area contributed by atoms with E-state index < -0.39 is 0 Å². The molecule has 0 aromatic carbocycles. The molecule has 0 radical (unpaired) electrons. The van der Waals surface area contributed by atoms with E-state index in [0.29, 0.717) is 18.0 Å². The molecule has 2 unspecified atom stereocenters. The zero-order chi connectivity index (χ0) is 12.2. The van der Waals surface area contributed by atoms with Crippen LogP contribution in [-0.4, -0.2) is 30.8 Å². The van der Waals surface area contributed by atoms with Gasteiger partial charge in [0.2, 0.25) is 0 Å². The summed E-state index contributed by atoms with van der Waals surface area (Å²) in [7, 11) is 0. The number of hydrogen-bond donors (Lipinski definition) is 2. The van der Waals surface area contributed by atoms with Crippen LogP contribution in [0.1, 0.15) is 40.5 Å². The van der Waals surface area contributed by atoms with Gasteiger partial charge in [-0.1, -0.05) is 0 Å². The van der Waals surface area contributed by atoms with Crippen molar-refractivity contribution in [1.82, 2.24) is 5.32 Å². The van der Waals surface area contributed by atoms with Crippen molar-refractivity contribution in [2.24, 2.45) is 16.6 Å². The SMILES string of the molecule is CC1CC(CN=C(N)NC(C)(C)C)CCO1.I. The first kappa shape index (κ1) is 17.0. The van der Waals surface area contributed by atoms with Crippen molar-refractivity contribution in [1.29, 1.82) is 0 Å². The number of halogens is 1. The van der Waals surface area contributed by atoms with E-state index in [1.807, 2.05) is 0 Å². The van der Waals surface area contributed by atoms with Crippen LogP contribution in [0.15, 0.2) is 4.99 Å². The zero-order valence-electron chi connectivity index (χ0n) is 11.3. The minimum Gasteiger partial charge on any atom is -0.378 e. The molecule has 2 atom stereocenters. The van der Waals surface area contributed by atoms with E-state index in [0.717, 1.165) is 26.0 Å². The maximum absolute atomic E-state index is 5.82. The predicted molar refractivity (Wildman–Crippen MR) is 82.9 cm³/mol. The Hall–Kier alpha value is -0.0400. The molecule has 1 fully saturated rings. The molecular weight excluding hydrogens is 329 g/mol. The number of aliphatic imine (C=N–C) groups is 1. The van der Waals surface area contributed by atoms with Crippen molar-refractivity contribution in [3.8, 4) is 0 Å². The molecule has 102 valence electrons. The molecule has 0 saturated carbocycles. The summed E-state index contributed by atoms with van der Waals surface area (Å²) in [5.74, 6) is 1.16. The van der Waals surface area contributed by atoms with Crippen LogP contribution in [0.4, 0.5) is 0 Å². The fourth-order valence-electron chi connectivity index (χ4n) is 1.91. The second-order valence-corrected chi connectivity index (χ2v) is 5.67. The highest BCUT2D eigenvalue weighted by molar-refractivity contribution is 14.0. The highest BCUT2D eigenvalue weighted by atomic mass is 127. The van der Waals surface area contributed by atoms with Gasteiger partial charge in [-0.05, 0) is 46.5 Å². The average molecular weight is 355 g/mol.